The maximum absolute atomic E-state index is 13.4. The zero-order valence-electron chi connectivity index (χ0n) is 13.3. The highest BCUT2D eigenvalue weighted by Gasteiger charge is 2.39. The lowest BCUT2D eigenvalue weighted by Gasteiger charge is -2.43. The van der Waals surface area contributed by atoms with Crippen molar-refractivity contribution >= 4 is 29.9 Å². The number of hydrogen-bond donors (Lipinski definition) is 3. The summed E-state index contributed by atoms with van der Waals surface area (Å²) in [7, 11) is 0. The minimum Gasteiger partial charge on any atom is -0.393 e. The van der Waals surface area contributed by atoms with Crippen LogP contribution in [0.3, 0.4) is 0 Å². The Kier molecular flexibility index (Phi) is 6.87. The van der Waals surface area contributed by atoms with Crippen LogP contribution >= 0.6 is 24.0 Å². The first kappa shape index (κ1) is 19.4. The summed E-state index contributed by atoms with van der Waals surface area (Å²) in [5.74, 6) is -0.147. The highest BCUT2D eigenvalue weighted by atomic mass is 35.5. The number of carbonyl (C=O) groups excluding carboxylic acids is 1. The van der Waals surface area contributed by atoms with Crippen LogP contribution in [0, 0.1) is 17.7 Å². The third-order valence-electron chi connectivity index (χ3n) is 5.02. The molecule has 1 saturated heterocycles. The fraction of sp³-hybridized carbons (Fsp3) is 0.588. The van der Waals surface area contributed by atoms with E-state index in [1.54, 1.807) is 0 Å². The second-order valence-electron chi connectivity index (χ2n) is 6.60. The van der Waals surface area contributed by atoms with Gasteiger partial charge >= 0.3 is 0 Å². The van der Waals surface area contributed by atoms with Crippen molar-refractivity contribution in [2.24, 2.45) is 11.8 Å². The summed E-state index contributed by atoms with van der Waals surface area (Å²) < 4.78 is 13.4. The third kappa shape index (κ3) is 4.39. The first-order valence-corrected chi connectivity index (χ1v) is 8.57. The third-order valence-corrected chi connectivity index (χ3v) is 5.35. The van der Waals surface area contributed by atoms with Gasteiger partial charge in [0, 0.05) is 6.04 Å². The van der Waals surface area contributed by atoms with Crippen molar-refractivity contribution in [3.05, 3.63) is 34.6 Å². The molecule has 7 heteroatoms. The van der Waals surface area contributed by atoms with Crippen LogP contribution in [-0.2, 0) is 0 Å². The Labute approximate surface area is 152 Å². The van der Waals surface area contributed by atoms with Gasteiger partial charge in [-0.1, -0.05) is 11.6 Å². The highest BCUT2D eigenvalue weighted by molar-refractivity contribution is 6.33. The molecule has 2 aliphatic rings. The van der Waals surface area contributed by atoms with Gasteiger partial charge in [0.25, 0.3) is 5.91 Å². The van der Waals surface area contributed by atoms with Gasteiger partial charge in [-0.2, -0.15) is 0 Å². The lowest BCUT2D eigenvalue weighted by Crippen LogP contribution is -2.52. The first-order chi connectivity index (χ1) is 11.0. The van der Waals surface area contributed by atoms with E-state index < -0.39 is 5.82 Å². The van der Waals surface area contributed by atoms with Gasteiger partial charge in [-0.05, 0) is 68.8 Å². The van der Waals surface area contributed by atoms with Crippen LogP contribution in [0.4, 0.5) is 4.39 Å². The molecule has 1 atom stereocenters. The van der Waals surface area contributed by atoms with Crippen LogP contribution in [0.5, 0.6) is 0 Å². The maximum Gasteiger partial charge on any atom is 0.253 e. The van der Waals surface area contributed by atoms with Crippen LogP contribution < -0.4 is 10.6 Å². The Morgan fingerprint density at radius 3 is 2.58 bits per heavy atom. The van der Waals surface area contributed by atoms with Gasteiger partial charge in [0.15, 0.2) is 0 Å². The summed E-state index contributed by atoms with van der Waals surface area (Å²) in [4.78, 5) is 12.6. The molecule has 1 heterocycles. The van der Waals surface area contributed by atoms with Gasteiger partial charge in [0.05, 0.1) is 16.7 Å². The van der Waals surface area contributed by atoms with Gasteiger partial charge in [0.1, 0.15) is 5.82 Å². The number of benzene rings is 1. The predicted molar refractivity (Wildman–Crippen MR) is 94.2 cm³/mol. The maximum atomic E-state index is 13.4. The van der Waals surface area contributed by atoms with Crippen LogP contribution in [0.1, 0.15) is 36.0 Å². The number of rotatable bonds is 4. The van der Waals surface area contributed by atoms with E-state index in [2.05, 4.69) is 10.6 Å². The number of carbonyl (C=O) groups is 1. The van der Waals surface area contributed by atoms with Crippen molar-refractivity contribution in [3.63, 3.8) is 0 Å². The Morgan fingerprint density at radius 2 is 1.96 bits per heavy atom. The van der Waals surface area contributed by atoms with Crippen molar-refractivity contribution in [2.75, 3.05) is 13.1 Å². The predicted octanol–water partition coefficient (Wildman–Crippen LogP) is 2.77. The monoisotopic (exact) mass is 376 g/mol. The topological polar surface area (TPSA) is 61.4 Å². The van der Waals surface area contributed by atoms with E-state index >= 15 is 0 Å². The molecule has 1 aromatic rings. The van der Waals surface area contributed by atoms with Gasteiger partial charge in [-0.25, -0.2) is 4.39 Å². The molecular weight excluding hydrogens is 354 g/mol. The average molecular weight is 377 g/mol. The Hall–Kier alpha value is -0.880. The van der Waals surface area contributed by atoms with Crippen molar-refractivity contribution in [2.45, 2.75) is 37.8 Å². The molecule has 1 aliphatic carbocycles. The summed E-state index contributed by atoms with van der Waals surface area (Å²) in [6.07, 6.45) is 3.15. The Morgan fingerprint density at radius 1 is 1.29 bits per heavy atom. The van der Waals surface area contributed by atoms with E-state index in [1.807, 2.05) is 0 Å². The number of aliphatic hydroxyl groups is 1. The van der Waals surface area contributed by atoms with E-state index in [9.17, 15) is 14.3 Å². The molecule has 134 valence electrons. The number of aliphatic hydroxyl groups excluding tert-OH is 1. The second kappa shape index (κ2) is 8.48. The summed E-state index contributed by atoms with van der Waals surface area (Å²) in [5.41, 5.74) is 0.172. The normalized spacial score (nSPS) is 25.3. The van der Waals surface area contributed by atoms with Gasteiger partial charge in [-0.3, -0.25) is 4.79 Å². The smallest absolute Gasteiger partial charge is 0.253 e. The zero-order chi connectivity index (χ0) is 16.4. The molecule has 1 amide bonds. The molecule has 0 bridgehead atoms. The molecule has 1 aromatic carbocycles. The van der Waals surface area contributed by atoms with Crippen LogP contribution in [-0.4, -0.2) is 36.2 Å². The molecule has 24 heavy (non-hydrogen) atoms. The highest BCUT2D eigenvalue weighted by Crippen LogP contribution is 2.36. The van der Waals surface area contributed by atoms with Crippen molar-refractivity contribution in [1.29, 1.82) is 0 Å². The molecule has 4 nitrogen and oxygen atoms in total. The molecule has 3 N–H and O–H groups in total. The van der Waals surface area contributed by atoms with E-state index in [0.717, 1.165) is 25.9 Å². The average Bonchev–Trinajstić information content (AvgIpc) is 2.53. The van der Waals surface area contributed by atoms with Crippen LogP contribution in [0.2, 0.25) is 5.02 Å². The first-order valence-electron chi connectivity index (χ1n) is 8.19. The SMILES string of the molecule is Cl.O=C(NC(C1CCNCC1)C1CC(O)C1)c1cc(F)ccc1Cl. The van der Waals surface area contributed by atoms with Gasteiger partial charge in [-0.15, -0.1) is 12.4 Å². The van der Waals surface area contributed by atoms with E-state index in [4.69, 9.17) is 11.6 Å². The van der Waals surface area contributed by atoms with Crippen molar-refractivity contribution in [3.8, 4) is 0 Å². The molecule has 1 aliphatic heterocycles. The molecule has 1 saturated carbocycles. The minimum atomic E-state index is -0.475. The van der Waals surface area contributed by atoms with Crippen LogP contribution in [0.15, 0.2) is 18.2 Å². The standard InChI is InChI=1S/C17H22ClFN2O2.ClH/c18-15-2-1-12(19)9-14(15)17(23)21-16(11-7-13(22)8-11)10-3-5-20-6-4-10;/h1-2,9-11,13,16,20,22H,3-8H2,(H,21,23);1H. The fourth-order valence-corrected chi connectivity index (χ4v) is 3.85. The summed E-state index contributed by atoms with van der Waals surface area (Å²) in [6.45, 7) is 1.88. The molecule has 2 fully saturated rings. The fourth-order valence-electron chi connectivity index (χ4n) is 3.65. The Bertz CT molecular complexity index is 576. The lowest BCUT2D eigenvalue weighted by atomic mass is 9.71. The molecular formula is C17H23Cl2FN2O2. The molecule has 1 unspecified atom stereocenters. The number of halogens is 3. The van der Waals surface area contributed by atoms with E-state index in [1.165, 1.54) is 18.2 Å². The summed E-state index contributed by atoms with van der Waals surface area (Å²) in [5, 5.41) is 16.2. The van der Waals surface area contributed by atoms with E-state index in [-0.39, 0.29) is 47.0 Å². The molecule has 0 spiro atoms. The second-order valence-corrected chi connectivity index (χ2v) is 7.00. The molecule has 3 rings (SSSR count). The zero-order valence-corrected chi connectivity index (χ0v) is 14.9. The summed E-state index contributed by atoms with van der Waals surface area (Å²) >= 11 is 6.03. The van der Waals surface area contributed by atoms with Crippen molar-refractivity contribution in [1.82, 2.24) is 10.6 Å². The van der Waals surface area contributed by atoms with Crippen LogP contribution in [0.25, 0.3) is 0 Å². The number of amides is 1. The molecule has 0 aromatic heterocycles. The quantitative estimate of drug-likeness (QED) is 0.756. The number of hydrogen-bond acceptors (Lipinski definition) is 3. The van der Waals surface area contributed by atoms with Crippen molar-refractivity contribution < 1.29 is 14.3 Å². The van der Waals surface area contributed by atoms with Gasteiger partial charge < -0.3 is 15.7 Å². The lowest BCUT2D eigenvalue weighted by molar-refractivity contribution is 0.00919. The Balaban J connectivity index is 0.00000208. The van der Waals surface area contributed by atoms with Gasteiger partial charge in [0.2, 0.25) is 0 Å². The van der Waals surface area contributed by atoms with E-state index in [0.29, 0.717) is 18.8 Å². The molecule has 0 radical (unpaired) electrons. The summed E-state index contributed by atoms with van der Waals surface area (Å²) in [6, 6.07) is 3.82. The number of piperidine rings is 1. The number of nitrogens with one attached hydrogen (secondary N) is 2. The minimum absolute atomic E-state index is 0. The largest absolute Gasteiger partial charge is 0.393 e.